The van der Waals surface area contributed by atoms with Gasteiger partial charge in [-0.05, 0) is 60.3 Å². The Morgan fingerprint density at radius 1 is 1.21 bits per heavy atom. The van der Waals surface area contributed by atoms with Gasteiger partial charge >= 0.3 is 11.9 Å². The molecule has 2 rings (SSSR count). The van der Waals surface area contributed by atoms with Crippen LogP contribution >= 0.6 is 0 Å². The smallest absolute Gasteiger partial charge is 0.333 e. The molecule has 158 valence electrons. The Balaban J connectivity index is 2.23. The highest BCUT2D eigenvalue weighted by molar-refractivity contribution is 5.87. The van der Waals surface area contributed by atoms with Crippen LogP contribution in [0, 0.1) is 5.92 Å². The normalized spacial score (nSPS) is 38.8. The van der Waals surface area contributed by atoms with Crippen LogP contribution < -0.4 is 0 Å². The minimum absolute atomic E-state index is 0.0128. The van der Waals surface area contributed by atoms with Crippen LogP contribution in [-0.2, 0) is 23.8 Å². The average Bonchev–Trinajstić information content (AvgIpc) is 2.61. The first-order valence-electron chi connectivity index (χ1n) is 10.00. The van der Waals surface area contributed by atoms with Crippen LogP contribution in [0.3, 0.4) is 0 Å². The predicted octanol–water partition coefficient (Wildman–Crippen LogP) is 3.47. The molecule has 6 nitrogen and oxygen atoms in total. The van der Waals surface area contributed by atoms with E-state index in [4.69, 9.17) is 14.2 Å². The summed E-state index contributed by atoms with van der Waals surface area (Å²) >= 11 is 0. The molecule has 1 saturated heterocycles. The van der Waals surface area contributed by atoms with Gasteiger partial charge in [0.25, 0.3) is 0 Å². The molecule has 5 atom stereocenters. The number of esters is 2. The molecule has 1 N–H and O–H groups in total. The minimum atomic E-state index is -0.948. The molecule has 2 aliphatic rings. The highest BCUT2D eigenvalue weighted by Gasteiger charge is 2.52. The highest BCUT2D eigenvalue weighted by atomic mass is 16.6. The summed E-state index contributed by atoms with van der Waals surface area (Å²) in [6.45, 7) is 10.5. The van der Waals surface area contributed by atoms with E-state index in [0.717, 1.165) is 6.42 Å². The molecule has 0 spiro atoms. The lowest BCUT2D eigenvalue weighted by atomic mass is 9.72. The molecule has 0 aromatic rings. The summed E-state index contributed by atoms with van der Waals surface area (Å²) in [5.41, 5.74) is -1.71. The molecular weight excluding hydrogens is 360 g/mol. The minimum Gasteiger partial charge on any atom is -0.463 e. The maximum absolute atomic E-state index is 12.3. The monoisotopic (exact) mass is 394 g/mol. The second-order valence-corrected chi connectivity index (χ2v) is 8.77. The highest BCUT2D eigenvalue weighted by Crippen LogP contribution is 2.45. The Morgan fingerprint density at radius 3 is 2.43 bits per heavy atom. The maximum Gasteiger partial charge on any atom is 0.333 e. The lowest BCUT2D eigenvalue weighted by molar-refractivity contribution is -0.256. The summed E-state index contributed by atoms with van der Waals surface area (Å²) in [5, 5.41) is 10.2. The fraction of sp³-hybridized carbons (Fsp3) is 0.727. The Labute approximate surface area is 167 Å². The van der Waals surface area contributed by atoms with Crippen molar-refractivity contribution in [3.63, 3.8) is 0 Å². The van der Waals surface area contributed by atoms with Crippen molar-refractivity contribution in [3.05, 3.63) is 23.8 Å². The quantitative estimate of drug-likeness (QED) is 0.437. The fourth-order valence-electron chi connectivity index (χ4n) is 3.98. The molecule has 6 heteroatoms. The molecule has 1 aliphatic carbocycles. The molecular formula is C22H34O6. The number of hydrogen-bond acceptors (Lipinski definition) is 6. The summed E-state index contributed by atoms with van der Waals surface area (Å²) in [4.78, 5) is 23.7. The van der Waals surface area contributed by atoms with E-state index in [0.29, 0.717) is 24.8 Å². The third-order valence-electron chi connectivity index (χ3n) is 6.05. The van der Waals surface area contributed by atoms with Gasteiger partial charge in [0.2, 0.25) is 0 Å². The molecule has 0 aromatic heterocycles. The molecule has 28 heavy (non-hydrogen) atoms. The van der Waals surface area contributed by atoms with E-state index >= 15 is 0 Å². The molecule has 0 saturated carbocycles. The lowest BCUT2D eigenvalue weighted by Crippen LogP contribution is -2.60. The lowest BCUT2D eigenvalue weighted by Gasteiger charge is -2.51. The first-order valence-corrected chi connectivity index (χ1v) is 10.00. The summed E-state index contributed by atoms with van der Waals surface area (Å²) in [7, 11) is 0. The molecule has 0 amide bonds. The fourth-order valence-corrected chi connectivity index (χ4v) is 3.98. The first kappa shape index (κ1) is 22.6. The van der Waals surface area contributed by atoms with Crippen molar-refractivity contribution >= 4 is 11.9 Å². The van der Waals surface area contributed by atoms with Gasteiger partial charge in [-0.15, -0.1) is 0 Å². The van der Waals surface area contributed by atoms with Crippen molar-refractivity contribution in [3.8, 4) is 0 Å². The first-order chi connectivity index (χ1) is 12.9. The van der Waals surface area contributed by atoms with Gasteiger partial charge in [0.1, 0.15) is 18.3 Å². The van der Waals surface area contributed by atoms with Crippen LogP contribution in [0.25, 0.3) is 0 Å². The zero-order chi connectivity index (χ0) is 21.2. The van der Waals surface area contributed by atoms with E-state index in [1.54, 1.807) is 26.8 Å². The number of allylic oxidation sites excluding steroid dienone is 1. The number of ether oxygens (including phenoxy) is 3. The van der Waals surface area contributed by atoms with Crippen LogP contribution in [-0.4, -0.2) is 46.6 Å². The average molecular weight is 395 g/mol. The van der Waals surface area contributed by atoms with Gasteiger partial charge in [-0.2, -0.15) is 0 Å². The third kappa shape index (κ3) is 5.23. The maximum atomic E-state index is 12.3. The van der Waals surface area contributed by atoms with Crippen molar-refractivity contribution in [1.82, 2.24) is 0 Å². The summed E-state index contributed by atoms with van der Waals surface area (Å²) < 4.78 is 17.5. The van der Waals surface area contributed by atoms with Crippen molar-refractivity contribution in [2.45, 2.75) is 90.1 Å². The van der Waals surface area contributed by atoms with Gasteiger partial charge in [0.15, 0.2) is 0 Å². The van der Waals surface area contributed by atoms with Crippen molar-refractivity contribution in [2.75, 3.05) is 6.61 Å². The van der Waals surface area contributed by atoms with E-state index in [2.05, 4.69) is 0 Å². The topological polar surface area (TPSA) is 82.1 Å². The summed E-state index contributed by atoms with van der Waals surface area (Å²) in [6.07, 6.45) is 7.81. The molecule has 1 fully saturated rings. The number of carbonyl (C=O) groups is 2. The molecule has 1 heterocycles. The number of carbonyl (C=O) groups excluding carboxylic acids is 2. The van der Waals surface area contributed by atoms with Crippen LogP contribution in [0.5, 0.6) is 0 Å². The molecule has 0 bridgehead atoms. The summed E-state index contributed by atoms with van der Waals surface area (Å²) in [5.74, 6) is -0.666. The van der Waals surface area contributed by atoms with Crippen molar-refractivity contribution in [1.29, 1.82) is 0 Å². The van der Waals surface area contributed by atoms with Crippen LogP contribution in [0.15, 0.2) is 23.8 Å². The third-order valence-corrected chi connectivity index (χ3v) is 6.05. The van der Waals surface area contributed by atoms with Gasteiger partial charge < -0.3 is 19.3 Å². The van der Waals surface area contributed by atoms with E-state index in [1.165, 1.54) is 6.92 Å². The van der Waals surface area contributed by atoms with Crippen LogP contribution in [0.4, 0.5) is 0 Å². The predicted molar refractivity (Wildman–Crippen MR) is 106 cm³/mol. The molecule has 1 aliphatic heterocycles. The van der Waals surface area contributed by atoms with Gasteiger partial charge in [-0.3, -0.25) is 4.79 Å². The number of aliphatic hydroxyl groups is 1. The second kappa shape index (κ2) is 8.37. The number of hydrogen-bond donors (Lipinski definition) is 1. The second-order valence-electron chi connectivity index (χ2n) is 8.77. The standard InChI is InChI=1S/C22H34O6/c1-7-15(2)19(24)27-18-10-13-21(5,17-8-11-20(4,25)12-9-17)28-22(18,6)14-26-16(3)23/h7-8,11,17-18,25H,9-10,12-14H2,1-6H3/t17-,18+,20-,21+,22+/m1/s1. The van der Waals surface area contributed by atoms with Crippen LogP contribution in [0.1, 0.15) is 67.2 Å². The van der Waals surface area contributed by atoms with Crippen molar-refractivity contribution < 1.29 is 28.9 Å². The van der Waals surface area contributed by atoms with Gasteiger partial charge in [0.05, 0.1) is 11.2 Å². The van der Waals surface area contributed by atoms with Gasteiger partial charge in [-0.25, -0.2) is 4.79 Å². The van der Waals surface area contributed by atoms with Crippen molar-refractivity contribution in [2.24, 2.45) is 5.92 Å². The van der Waals surface area contributed by atoms with Gasteiger partial charge in [0, 0.05) is 18.4 Å². The Kier molecular flexibility index (Phi) is 6.77. The van der Waals surface area contributed by atoms with Crippen LogP contribution in [0.2, 0.25) is 0 Å². The Hall–Kier alpha value is -1.66. The molecule has 0 radical (unpaired) electrons. The summed E-state index contributed by atoms with van der Waals surface area (Å²) in [6, 6.07) is 0. The Morgan fingerprint density at radius 2 is 1.89 bits per heavy atom. The largest absolute Gasteiger partial charge is 0.463 e. The zero-order valence-corrected chi connectivity index (χ0v) is 17.9. The Bertz CT molecular complexity index is 664. The van der Waals surface area contributed by atoms with E-state index < -0.39 is 28.9 Å². The SMILES string of the molecule is CC=C(C)C(=O)O[C@H]1CC[C@@](C)([C@@H]2C=C[C@@](C)(O)CC2)O[C@@]1(C)COC(C)=O. The molecule has 0 unspecified atom stereocenters. The van der Waals surface area contributed by atoms with Gasteiger partial charge in [-0.1, -0.05) is 18.2 Å². The zero-order valence-electron chi connectivity index (χ0n) is 17.9. The van der Waals surface area contributed by atoms with E-state index in [1.807, 2.05) is 26.0 Å². The van der Waals surface area contributed by atoms with E-state index in [-0.39, 0.29) is 18.5 Å². The molecule has 0 aromatic carbocycles. The van der Waals surface area contributed by atoms with E-state index in [9.17, 15) is 14.7 Å². The number of rotatable bonds is 5.